The molecule has 0 saturated carbocycles. The van der Waals surface area contributed by atoms with E-state index in [9.17, 15) is 4.79 Å². The van der Waals surface area contributed by atoms with Gasteiger partial charge < -0.3 is 29.2 Å². The molecule has 0 radical (unpaired) electrons. The third-order valence-electron chi connectivity index (χ3n) is 6.19. The van der Waals surface area contributed by atoms with E-state index in [-0.39, 0.29) is 11.8 Å². The number of nitrogens with zero attached hydrogens (tertiary/aromatic N) is 5. The number of likely N-dealkylation sites (N-methyl/N-ethyl adjacent to an activating group) is 2. The second-order valence-electron chi connectivity index (χ2n) is 8.65. The van der Waals surface area contributed by atoms with Crippen LogP contribution in [0.1, 0.15) is 0 Å². The zero-order valence-electron chi connectivity index (χ0n) is 20.3. The first-order valence-electron chi connectivity index (χ1n) is 11.7. The summed E-state index contributed by atoms with van der Waals surface area (Å²) in [6.07, 6.45) is 2.81. The maximum atomic E-state index is 12.0. The van der Waals surface area contributed by atoms with Crippen LogP contribution in [-0.4, -0.2) is 61.0 Å². The third-order valence-corrected chi connectivity index (χ3v) is 6.19. The molecular weight excluding hydrogens is 456 g/mol. The zero-order valence-corrected chi connectivity index (χ0v) is 20.3. The van der Waals surface area contributed by atoms with Crippen molar-refractivity contribution >= 4 is 40.0 Å². The maximum Gasteiger partial charge on any atom is 0.268 e. The number of piperazine rings is 1. The number of nitrogens with one attached hydrogen (secondary N) is 1. The number of rotatable bonds is 7. The van der Waals surface area contributed by atoms with Gasteiger partial charge in [-0.1, -0.05) is 12.6 Å². The maximum absolute atomic E-state index is 12.0. The Balaban J connectivity index is 1.36. The quantitative estimate of drug-likeness (QED) is 0.379. The number of aromatic nitrogens is 2. The summed E-state index contributed by atoms with van der Waals surface area (Å²) in [6.45, 7) is 7.69. The summed E-state index contributed by atoms with van der Waals surface area (Å²) < 4.78 is 11.7. The molecule has 2 aromatic heterocycles. The molecule has 3 heterocycles. The van der Waals surface area contributed by atoms with Gasteiger partial charge in [0.2, 0.25) is 17.4 Å². The first-order valence-corrected chi connectivity index (χ1v) is 11.7. The molecule has 0 spiro atoms. The molecule has 1 N–H and O–H groups in total. The molecule has 0 aliphatic carbocycles. The predicted molar refractivity (Wildman–Crippen MR) is 141 cm³/mol. The highest BCUT2D eigenvalue weighted by Gasteiger charge is 2.16. The van der Waals surface area contributed by atoms with Crippen molar-refractivity contribution in [3.8, 4) is 11.6 Å². The summed E-state index contributed by atoms with van der Waals surface area (Å²) in [5, 5.41) is 3.27. The van der Waals surface area contributed by atoms with Crippen molar-refractivity contribution in [3.05, 3.63) is 73.5 Å². The molecule has 36 heavy (non-hydrogen) atoms. The van der Waals surface area contributed by atoms with E-state index < -0.39 is 0 Å². The molecule has 0 unspecified atom stereocenters. The van der Waals surface area contributed by atoms with E-state index in [1.54, 1.807) is 37.6 Å². The molecule has 0 bridgehead atoms. The number of carbonyl (C=O) groups excluding carboxylic acids is 1. The Morgan fingerprint density at radius 1 is 1.11 bits per heavy atom. The molecule has 184 valence electrons. The second kappa shape index (κ2) is 10.1. The molecule has 2 aromatic carbocycles. The van der Waals surface area contributed by atoms with Gasteiger partial charge in [0.05, 0.1) is 6.26 Å². The Morgan fingerprint density at radius 3 is 2.64 bits per heavy atom. The van der Waals surface area contributed by atoms with Crippen LogP contribution in [0, 0.1) is 0 Å². The van der Waals surface area contributed by atoms with Crippen LogP contribution in [0.15, 0.2) is 77.9 Å². The number of hydrogen-bond donors (Lipinski definition) is 1. The average Bonchev–Trinajstić information content (AvgIpc) is 3.38. The molecule has 1 aliphatic rings. The van der Waals surface area contributed by atoms with Gasteiger partial charge in [-0.3, -0.25) is 4.79 Å². The summed E-state index contributed by atoms with van der Waals surface area (Å²) in [6, 6.07) is 17.2. The highest BCUT2D eigenvalue weighted by molar-refractivity contribution is 6.00. The van der Waals surface area contributed by atoms with Crippen molar-refractivity contribution < 1.29 is 13.9 Å². The van der Waals surface area contributed by atoms with E-state index in [0.29, 0.717) is 28.5 Å². The number of carbonyl (C=O) groups is 1. The summed E-state index contributed by atoms with van der Waals surface area (Å²) in [5.74, 6) is 0.959. The SMILES string of the molecule is C=CC(=O)N(C)c1cccc(Oc2nc(Nc3ccc(N4CCN(C)CC4)cc3)nc3ccoc23)c1. The van der Waals surface area contributed by atoms with E-state index in [0.717, 1.165) is 31.9 Å². The van der Waals surface area contributed by atoms with Crippen molar-refractivity contribution in [2.75, 3.05) is 55.4 Å². The van der Waals surface area contributed by atoms with E-state index in [1.807, 2.05) is 18.2 Å². The lowest BCUT2D eigenvalue weighted by molar-refractivity contribution is -0.113. The Bertz CT molecular complexity index is 1380. The van der Waals surface area contributed by atoms with Crippen LogP contribution in [-0.2, 0) is 4.79 Å². The lowest BCUT2D eigenvalue weighted by Gasteiger charge is -2.34. The van der Waals surface area contributed by atoms with Crippen LogP contribution in [0.5, 0.6) is 11.6 Å². The van der Waals surface area contributed by atoms with Crippen molar-refractivity contribution in [2.45, 2.75) is 0 Å². The van der Waals surface area contributed by atoms with Crippen LogP contribution in [0.4, 0.5) is 23.0 Å². The monoisotopic (exact) mass is 484 g/mol. The van der Waals surface area contributed by atoms with Crippen molar-refractivity contribution in [2.24, 2.45) is 0 Å². The smallest absolute Gasteiger partial charge is 0.268 e. The van der Waals surface area contributed by atoms with Crippen LogP contribution in [0.3, 0.4) is 0 Å². The van der Waals surface area contributed by atoms with Gasteiger partial charge in [-0.2, -0.15) is 4.98 Å². The normalized spacial score (nSPS) is 14.0. The predicted octanol–water partition coefficient (Wildman–Crippen LogP) is 4.66. The van der Waals surface area contributed by atoms with Gasteiger partial charge in [-0.05, 0) is 49.5 Å². The van der Waals surface area contributed by atoms with Crippen LogP contribution < -0.4 is 19.9 Å². The minimum Gasteiger partial charge on any atom is -0.457 e. The van der Waals surface area contributed by atoms with Gasteiger partial charge >= 0.3 is 0 Å². The zero-order chi connectivity index (χ0) is 25.1. The molecule has 9 nitrogen and oxygen atoms in total. The van der Waals surface area contributed by atoms with Gasteiger partial charge in [0.25, 0.3) is 5.88 Å². The summed E-state index contributed by atoms with van der Waals surface area (Å²) in [5.41, 5.74) is 3.79. The molecule has 4 aromatic rings. The number of ether oxygens (including phenoxy) is 1. The van der Waals surface area contributed by atoms with E-state index in [4.69, 9.17) is 9.15 Å². The minimum atomic E-state index is -0.215. The molecule has 1 fully saturated rings. The van der Waals surface area contributed by atoms with Gasteiger partial charge in [0.15, 0.2) is 0 Å². The Hall–Kier alpha value is -4.37. The van der Waals surface area contributed by atoms with Gasteiger partial charge in [-0.15, -0.1) is 0 Å². The van der Waals surface area contributed by atoms with Crippen LogP contribution in [0.2, 0.25) is 0 Å². The van der Waals surface area contributed by atoms with E-state index >= 15 is 0 Å². The molecule has 1 saturated heterocycles. The van der Waals surface area contributed by atoms with Crippen molar-refractivity contribution in [3.63, 3.8) is 0 Å². The Labute approximate surface area is 209 Å². The van der Waals surface area contributed by atoms with E-state index in [1.165, 1.54) is 16.7 Å². The van der Waals surface area contributed by atoms with Crippen LogP contribution in [0.25, 0.3) is 11.1 Å². The number of amides is 1. The number of benzene rings is 2. The van der Waals surface area contributed by atoms with Crippen molar-refractivity contribution in [1.82, 2.24) is 14.9 Å². The van der Waals surface area contributed by atoms with Gasteiger partial charge in [-0.25, -0.2) is 4.98 Å². The highest BCUT2D eigenvalue weighted by atomic mass is 16.5. The lowest BCUT2D eigenvalue weighted by Crippen LogP contribution is -2.44. The lowest BCUT2D eigenvalue weighted by atomic mass is 10.2. The Kier molecular flexibility index (Phi) is 6.55. The fourth-order valence-corrected chi connectivity index (χ4v) is 4.04. The molecule has 1 aliphatic heterocycles. The molecule has 5 rings (SSSR count). The summed E-state index contributed by atoms with van der Waals surface area (Å²) in [7, 11) is 3.83. The highest BCUT2D eigenvalue weighted by Crippen LogP contribution is 2.32. The second-order valence-corrected chi connectivity index (χ2v) is 8.65. The van der Waals surface area contributed by atoms with Gasteiger partial charge in [0.1, 0.15) is 11.3 Å². The standard InChI is InChI=1S/C27H28N6O3/c1-4-24(34)32(3)21-6-5-7-22(18-21)36-26-25-23(12-17-35-25)29-27(30-26)28-19-8-10-20(11-9-19)33-15-13-31(2)14-16-33/h4-12,17-18H,1,13-16H2,2-3H3,(H,28,29,30). The fraction of sp³-hybridized carbons (Fsp3) is 0.222. The third kappa shape index (κ3) is 5.01. The summed E-state index contributed by atoms with van der Waals surface area (Å²) >= 11 is 0. The largest absolute Gasteiger partial charge is 0.457 e. The molecule has 0 atom stereocenters. The van der Waals surface area contributed by atoms with Crippen molar-refractivity contribution in [1.29, 1.82) is 0 Å². The van der Waals surface area contributed by atoms with E-state index in [2.05, 4.69) is 50.8 Å². The molecular formula is C27H28N6O3. The van der Waals surface area contributed by atoms with Crippen LogP contribution >= 0.6 is 0 Å². The minimum absolute atomic E-state index is 0.215. The number of anilines is 4. The number of fused-ring (bicyclic) bond motifs is 1. The fourth-order valence-electron chi connectivity index (χ4n) is 4.04. The Morgan fingerprint density at radius 2 is 1.89 bits per heavy atom. The van der Waals surface area contributed by atoms with Gasteiger partial charge in [0, 0.05) is 62.4 Å². The number of hydrogen-bond acceptors (Lipinski definition) is 8. The topological polar surface area (TPSA) is 87.0 Å². The number of furan rings is 1. The average molecular weight is 485 g/mol. The first kappa shape index (κ1) is 23.4. The molecule has 1 amide bonds. The summed E-state index contributed by atoms with van der Waals surface area (Å²) in [4.78, 5) is 27.3. The first-order chi connectivity index (χ1) is 17.5. The molecule has 9 heteroatoms.